The molecule has 0 spiro atoms. The number of rotatable bonds is 2. The molecule has 0 bridgehead atoms. The molecule has 0 saturated heterocycles. The van der Waals surface area contributed by atoms with Crippen molar-refractivity contribution < 1.29 is 40.6 Å². The fraction of sp³-hybridized carbons (Fsp3) is 0.444. The van der Waals surface area contributed by atoms with Gasteiger partial charge >= 0.3 is 18.5 Å². The van der Waals surface area contributed by atoms with E-state index in [1.54, 1.807) is 0 Å². The summed E-state index contributed by atoms with van der Waals surface area (Å²) in [6.45, 7) is 1.23. The molecule has 18 heavy (non-hydrogen) atoms. The van der Waals surface area contributed by atoms with E-state index in [1.165, 1.54) is 0 Å². The maximum Gasteiger partial charge on any atom is 0.518 e. The van der Waals surface area contributed by atoms with Crippen molar-refractivity contribution in [2.24, 2.45) is 0 Å². The predicted molar refractivity (Wildman–Crippen MR) is 47.2 cm³/mol. The van der Waals surface area contributed by atoms with Gasteiger partial charge in [-0.3, -0.25) is 0 Å². The molecule has 0 aliphatic heterocycles. The average Bonchev–Trinajstić information content (AvgIpc) is 2.19. The van der Waals surface area contributed by atoms with Gasteiger partial charge in [0.15, 0.2) is 0 Å². The fourth-order valence-corrected chi connectivity index (χ4v) is 0.434. The van der Waals surface area contributed by atoms with Crippen molar-refractivity contribution in [3.63, 3.8) is 0 Å². The van der Waals surface area contributed by atoms with E-state index in [2.05, 4.69) is 9.47 Å². The van der Waals surface area contributed by atoms with Crippen LogP contribution in [0.5, 0.6) is 0 Å². The second kappa shape index (κ2) is 5.78. The molecule has 0 aromatic rings. The molecule has 0 saturated carbocycles. The average molecular weight is 278 g/mol. The molecule has 0 aliphatic carbocycles. The van der Waals surface area contributed by atoms with Crippen LogP contribution in [0.25, 0.3) is 0 Å². The minimum atomic E-state index is -4.70. The number of ether oxygens (including phenoxy) is 2. The molecule has 0 aromatic heterocycles. The third-order valence-corrected chi connectivity index (χ3v) is 1.56. The smallest absolute Gasteiger partial charge is 0.402 e. The van der Waals surface area contributed by atoms with Crippen molar-refractivity contribution >= 4 is 6.16 Å². The van der Waals surface area contributed by atoms with E-state index in [-0.39, 0.29) is 12.5 Å². The van der Waals surface area contributed by atoms with Gasteiger partial charge in [0.2, 0.25) is 0 Å². The number of alkyl halides is 6. The predicted octanol–water partition coefficient (Wildman–Crippen LogP) is 4.07. The maximum absolute atomic E-state index is 11.9. The topological polar surface area (TPSA) is 35.5 Å². The van der Waals surface area contributed by atoms with Gasteiger partial charge in [-0.1, -0.05) is 0 Å². The lowest BCUT2D eigenvalue weighted by atomic mass is 10.3. The first-order valence-electron chi connectivity index (χ1n) is 4.30. The highest BCUT2D eigenvalue weighted by atomic mass is 19.4. The lowest BCUT2D eigenvalue weighted by molar-refractivity contribution is -0.0931. The van der Waals surface area contributed by atoms with Crippen LogP contribution in [0.15, 0.2) is 23.7 Å². The second-order valence-corrected chi connectivity index (χ2v) is 3.08. The lowest BCUT2D eigenvalue weighted by Gasteiger charge is -2.07. The molecule has 0 rings (SSSR count). The largest absolute Gasteiger partial charge is 0.518 e. The van der Waals surface area contributed by atoms with Crippen molar-refractivity contribution in [1.82, 2.24) is 0 Å². The van der Waals surface area contributed by atoms with Gasteiger partial charge in [-0.05, 0) is 13.8 Å². The summed E-state index contributed by atoms with van der Waals surface area (Å²) in [5.41, 5.74) is -2.48. The standard InChI is InChI=1S/C9H8F6O3/c1-5(8(10,11)12)3-17-7(16)18-4-6(2)9(13,14)15/h3-4H,1-2H3. The summed E-state index contributed by atoms with van der Waals surface area (Å²) in [7, 11) is 0. The number of hydrogen-bond acceptors (Lipinski definition) is 3. The molecule has 0 unspecified atom stereocenters. The van der Waals surface area contributed by atoms with Crippen molar-refractivity contribution in [3.8, 4) is 0 Å². The van der Waals surface area contributed by atoms with E-state index in [9.17, 15) is 31.1 Å². The lowest BCUT2D eigenvalue weighted by Crippen LogP contribution is -2.12. The van der Waals surface area contributed by atoms with E-state index in [1.807, 2.05) is 0 Å². The number of allylic oxidation sites excluding steroid dienone is 2. The molecule has 0 aliphatic rings. The molecule has 0 aromatic carbocycles. The SMILES string of the molecule is CC(=COC(=O)OC=C(C)C(F)(F)F)C(F)(F)F. The van der Waals surface area contributed by atoms with E-state index in [0.29, 0.717) is 13.8 Å². The van der Waals surface area contributed by atoms with Crippen LogP contribution in [0.3, 0.4) is 0 Å². The van der Waals surface area contributed by atoms with E-state index < -0.39 is 29.7 Å². The zero-order valence-corrected chi connectivity index (χ0v) is 9.15. The Bertz CT molecular complexity index is 329. The Labute approximate surface area is 97.7 Å². The Hall–Kier alpha value is -1.67. The Balaban J connectivity index is 4.40. The zero-order valence-electron chi connectivity index (χ0n) is 9.15. The van der Waals surface area contributed by atoms with Crippen LogP contribution in [0.2, 0.25) is 0 Å². The number of carbonyl (C=O) groups excluding carboxylic acids is 1. The van der Waals surface area contributed by atoms with E-state index in [4.69, 9.17) is 0 Å². The summed E-state index contributed by atoms with van der Waals surface area (Å²) < 4.78 is 79.1. The summed E-state index contributed by atoms with van der Waals surface area (Å²) in [4.78, 5) is 10.6. The first-order chi connectivity index (χ1) is 7.94. The third kappa shape index (κ3) is 6.16. The van der Waals surface area contributed by atoms with Gasteiger partial charge in [-0.2, -0.15) is 26.3 Å². The Kier molecular flexibility index (Phi) is 5.25. The number of halogens is 6. The molecule has 0 radical (unpaired) electrons. The van der Waals surface area contributed by atoms with Crippen molar-refractivity contribution in [1.29, 1.82) is 0 Å². The van der Waals surface area contributed by atoms with Gasteiger partial charge in [-0.15, -0.1) is 0 Å². The first kappa shape index (κ1) is 16.3. The molecule has 3 nitrogen and oxygen atoms in total. The first-order valence-corrected chi connectivity index (χ1v) is 4.30. The molecule has 0 amide bonds. The molecule has 0 fully saturated rings. The Morgan fingerprint density at radius 2 is 1.11 bits per heavy atom. The van der Waals surface area contributed by atoms with Gasteiger partial charge in [0.1, 0.15) is 12.5 Å². The zero-order chi connectivity index (χ0) is 14.6. The van der Waals surface area contributed by atoms with Crippen LogP contribution >= 0.6 is 0 Å². The van der Waals surface area contributed by atoms with Gasteiger partial charge in [-0.25, -0.2) is 4.79 Å². The molecular weight excluding hydrogens is 270 g/mol. The molecule has 0 N–H and O–H groups in total. The third-order valence-electron chi connectivity index (χ3n) is 1.56. The fourth-order valence-electron chi connectivity index (χ4n) is 0.434. The van der Waals surface area contributed by atoms with Crippen LogP contribution in [0, 0.1) is 0 Å². The highest BCUT2D eigenvalue weighted by Gasteiger charge is 2.32. The Morgan fingerprint density at radius 3 is 1.33 bits per heavy atom. The summed E-state index contributed by atoms with van der Waals surface area (Å²) in [6.07, 6.45) is -11.0. The minimum Gasteiger partial charge on any atom is -0.402 e. The maximum atomic E-state index is 11.9. The molecule has 9 heteroatoms. The minimum absolute atomic E-state index is 0.0408. The molecule has 0 heterocycles. The van der Waals surface area contributed by atoms with E-state index in [0.717, 1.165) is 0 Å². The normalized spacial score (nSPS) is 14.4. The van der Waals surface area contributed by atoms with Crippen molar-refractivity contribution in [2.45, 2.75) is 26.2 Å². The highest BCUT2D eigenvalue weighted by Crippen LogP contribution is 2.25. The molecule has 0 atom stereocenters. The second-order valence-electron chi connectivity index (χ2n) is 3.08. The van der Waals surface area contributed by atoms with Crippen LogP contribution in [0.4, 0.5) is 31.1 Å². The van der Waals surface area contributed by atoms with Crippen molar-refractivity contribution in [2.75, 3.05) is 0 Å². The van der Waals surface area contributed by atoms with Crippen LogP contribution in [-0.2, 0) is 9.47 Å². The van der Waals surface area contributed by atoms with Gasteiger partial charge in [0.25, 0.3) is 0 Å². The number of hydrogen-bond donors (Lipinski definition) is 0. The van der Waals surface area contributed by atoms with Crippen LogP contribution in [-0.4, -0.2) is 18.5 Å². The Morgan fingerprint density at radius 1 is 0.833 bits per heavy atom. The number of carbonyl (C=O) groups is 1. The monoisotopic (exact) mass is 278 g/mol. The van der Waals surface area contributed by atoms with Crippen LogP contribution in [0.1, 0.15) is 13.8 Å². The van der Waals surface area contributed by atoms with Crippen molar-refractivity contribution in [3.05, 3.63) is 23.7 Å². The molecular formula is C9H8F6O3. The quantitative estimate of drug-likeness (QED) is 0.434. The van der Waals surface area contributed by atoms with Crippen LogP contribution < -0.4 is 0 Å². The van der Waals surface area contributed by atoms with Gasteiger partial charge < -0.3 is 9.47 Å². The highest BCUT2D eigenvalue weighted by molar-refractivity contribution is 5.61. The van der Waals surface area contributed by atoms with Gasteiger partial charge in [0.05, 0.1) is 11.1 Å². The van der Waals surface area contributed by atoms with Gasteiger partial charge in [0, 0.05) is 0 Å². The summed E-state index contributed by atoms with van der Waals surface area (Å²) in [5.74, 6) is 0. The summed E-state index contributed by atoms with van der Waals surface area (Å²) in [6, 6.07) is 0. The molecule has 104 valence electrons. The summed E-state index contributed by atoms with van der Waals surface area (Å²) in [5, 5.41) is 0. The summed E-state index contributed by atoms with van der Waals surface area (Å²) >= 11 is 0. The van der Waals surface area contributed by atoms with E-state index >= 15 is 0 Å².